The van der Waals surface area contributed by atoms with Crippen molar-refractivity contribution in [3.63, 3.8) is 0 Å². The molecule has 1 N–H and O–H groups in total. The molecule has 3 nitrogen and oxygen atoms in total. The highest BCUT2D eigenvalue weighted by atomic mass is 32.2. The standard InChI is InChI=1S/C9H15NO2S/c1-5-9(13(4,11)12)7-6-8(2)10-3/h5-7,10H,1H2,2-4H3/b8-6+,9-7+. The number of rotatable bonds is 4. The van der Waals surface area contributed by atoms with Gasteiger partial charge in [0.2, 0.25) is 0 Å². The van der Waals surface area contributed by atoms with Crippen molar-refractivity contribution in [1.82, 2.24) is 5.32 Å². The molecule has 0 atom stereocenters. The molecule has 74 valence electrons. The molecule has 13 heavy (non-hydrogen) atoms. The van der Waals surface area contributed by atoms with E-state index in [4.69, 9.17) is 0 Å². The second-order valence-corrected chi connectivity index (χ2v) is 4.66. The Balaban J connectivity index is 4.92. The van der Waals surface area contributed by atoms with Crippen molar-refractivity contribution < 1.29 is 8.42 Å². The maximum Gasteiger partial charge on any atom is 0.175 e. The van der Waals surface area contributed by atoms with Gasteiger partial charge in [-0.2, -0.15) is 0 Å². The van der Waals surface area contributed by atoms with E-state index in [-0.39, 0.29) is 4.91 Å². The third-order valence-corrected chi connectivity index (χ3v) is 2.68. The first-order valence-corrected chi connectivity index (χ1v) is 5.69. The first-order valence-electron chi connectivity index (χ1n) is 3.80. The third kappa shape index (κ3) is 4.52. The smallest absolute Gasteiger partial charge is 0.175 e. The van der Waals surface area contributed by atoms with Gasteiger partial charge >= 0.3 is 0 Å². The molecule has 0 aromatic heterocycles. The first-order chi connectivity index (χ1) is 5.91. The Bertz CT molecular complexity index is 337. The van der Waals surface area contributed by atoms with Gasteiger partial charge < -0.3 is 5.32 Å². The van der Waals surface area contributed by atoms with Crippen LogP contribution in [0.2, 0.25) is 0 Å². The molecule has 0 saturated carbocycles. The summed E-state index contributed by atoms with van der Waals surface area (Å²) in [7, 11) is -1.38. The van der Waals surface area contributed by atoms with E-state index in [0.29, 0.717) is 0 Å². The fourth-order valence-electron chi connectivity index (χ4n) is 0.633. The van der Waals surface area contributed by atoms with Crippen LogP contribution in [-0.4, -0.2) is 21.7 Å². The van der Waals surface area contributed by atoms with Crippen LogP contribution in [0.1, 0.15) is 6.92 Å². The summed E-state index contributed by atoms with van der Waals surface area (Å²) >= 11 is 0. The zero-order valence-corrected chi connectivity index (χ0v) is 8.98. The van der Waals surface area contributed by atoms with Gasteiger partial charge in [0.1, 0.15) is 0 Å². The zero-order chi connectivity index (χ0) is 10.5. The van der Waals surface area contributed by atoms with Crippen molar-refractivity contribution in [2.75, 3.05) is 13.3 Å². The lowest BCUT2D eigenvalue weighted by Crippen LogP contribution is -2.01. The van der Waals surface area contributed by atoms with Crippen LogP contribution in [0.3, 0.4) is 0 Å². The molecule has 0 heterocycles. The van der Waals surface area contributed by atoms with Crippen LogP contribution in [0.4, 0.5) is 0 Å². The average Bonchev–Trinajstić information content (AvgIpc) is 2.02. The van der Waals surface area contributed by atoms with E-state index in [2.05, 4.69) is 11.9 Å². The highest BCUT2D eigenvalue weighted by Crippen LogP contribution is 2.05. The summed E-state index contributed by atoms with van der Waals surface area (Å²) in [4.78, 5) is 0.224. The van der Waals surface area contributed by atoms with E-state index in [9.17, 15) is 8.42 Å². The molecular formula is C9H15NO2S. The van der Waals surface area contributed by atoms with E-state index >= 15 is 0 Å². The Morgan fingerprint density at radius 2 is 1.92 bits per heavy atom. The van der Waals surface area contributed by atoms with Gasteiger partial charge in [0.25, 0.3) is 0 Å². The van der Waals surface area contributed by atoms with E-state index in [1.54, 1.807) is 13.1 Å². The van der Waals surface area contributed by atoms with Crippen molar-refractivity contribution in [2.45, 2.75) is 6.92 Å². The van der Waals surface area contributed by atoms with Crippen LogP contribution < -0.4 is 5.32 Å². The monoisotopic (exact) mass is 201 g/mol. The lowest BCUT2D eigenvalue weighted by atomic mass is 10.4. The fraction of sp³-hybridized carbons (Fsp3) is 0.333. The minimum atomic E-state index is -3.15. The topological polar surface area (TPSA) is 46.2 Å². The molecule has 0 spiro atoms. The van der Waals surface area contributed by atoms with E-state index in [1.165, 1.54) is 12.2 Å². The van der Waals surface area contributed by atoms with Crippen molar-refractivity contribution in [2.24, 2.45) is 0 Å². The second-order valence-electron chi connectivity index (χ2n) is 2.65. The average molecular weight is 201 g/mol. The summed E-state index contributed by atoms with van der Waals surface area (Å²) in [6.45, 7) is 5.28. The van der Waals surface area contributed by atoms with Gasteiger partial charge in [-0.15, -0.1) is 0 Å². The molecule has 0 bridgehead atoms. The minimum absolute atomic E-state index is 0.224. The van der Waals surface area contributed by atoms with Crippen LogP contribution in [-0.2, 0) is 9.84 Å². The maximum absolute atomic E-state index is 11.1. The summed E-state index contributed by atoms with van der Waals surface area (Å²) in [5, 5.41) is 2.88. The highest BCUT2D eigenvalue weighted by molar-refractivity contribution is 7.94. The van der Waals surface area contributed by atoms with Crippen LogP contribution in [0.25, 0.3) is 0 Å². The van der Waals surface area contributed by atoms with Gasteiger partial charge in [-0.1, -0.05) is 12.7 Å². The zero-order valence-electron chi connectivity index (χ0n) is 8.16. The molecule has 4 heteroatoms. The molecule has 0 radical (unpaired) electrons. The van der Waals surface area contributed by atoms with E-state index in [0.717, 1.165) is 12.0 Å². The normalized spacial score (nSPS) is 14.1. The summed E-state index contributed by atoms with van der Waals surface area (Å²) in [6.07, 6.45) is 5.70. The quantitative estimate of drug-likeness (QED) is 0.696. The SMILES string of the molecule is C=C/C(=C\C=C(/C)NC)S(C)(=O)=O. The van der Waals surface area contributed by atoms with E-state index < -0.39 is 9.84 Å². The number of allylic oxidation sites excluding steroid dienone is 4. The van der Waals surface area contributed by atoms with Crippen LogP contribution >= 0.6 is 0 Å². The summed E-state index contributed by atoms with van der Waals surface area (Å²) < 4.78 is 22.1. The molecule has 0 saturated heterocycles. The van der Waals surface area contributed by atoms with Gasteiger partial charge in [-0.25, -0.2) is 8.42 Å². The molecule has 0 rings (SSSR count). The Hall–Kier alpha value is -1.03. The lowest BCUT2D eigenvalue weighted by Gasteiger charge is -1.98. The van der Waals surface area contributed by atoms with Gasteiger partial charge in [0.15, 0.2) is 9.84 Å². The largest absolute Gasteiger partial charge is 0.392 e. The van der Waals surface area contributed by atoms with Crippen molar-refractivity contribution >= 4 is 9.84 Å². The Kier molecular flexibility index (Phi) is 4.48. The van der Waals surface area contributed by atoms with Gasteiger partial charge in [0.05, 0.1) is 4.91 Å². The fourth-order valence-corrected chi connectivity index (χ4v) is 1.25. The molecule has 0 aliphatic carbocycles. The van der Waals surface area contributed by atoms with Gasteiger partial charge in [-0.05, 0) is 19.1 Å². The number of hydrogen-bond acceptors (Lipinski definition) is 3. The molecule has 0 fully saturated rings. The van der Waals surface area contributed by atoms with E-state index in [1.807, 2.05) is 6.92 Å². The van der Waals surface area contributed by atoms with Gasteiger partial charge in [-0.3, -0.25) is 0 Å². The summed E-state index contributed by atoms with van der Waals surface area (Å²) in [5.74, 6) is 0. The lowest BCUT2D eigenvalue weighted by molar-refractivity contribution is 0.608. The number of sulfone groups is 1. The summed E-state index contributed by atoms with van der Waals surface area (Å²) in [5.41, 5.74) is 0.892. The highest BCUT2D eigenvalue weighted by Gasteiger charge is 2.04. The molecule has 0 aromatic rings. The predicted octanol–water partition coefficient (Wildman–Crippen LogP) is 1.22. The second kappa shape index (κ2) is 4.87. The molecule has 0 unspecified atom stereocenters. The first kappa shape index (κ1) is 12.0. The van der Waals surface area contributed by atoms with Crippen LogP contribution in [0.15, 0.2) is 35.4 Å². The predicted molar refractivity (Wildman–Crippen MR) is 55.9 cm³/mol. The number of hydrogen-bond donors (Lipinski definition) is 1. The van der Waals surface area contributed by atoms with Crippen molar-refractivity contribution in [3.05, 3.63) is 35.4 Å². The molecule has 0 aromatic carbocycles. The molecule has 0 aliphatic heterocycles. The molecule has 0 aliphatic rings. The van der Waals surface area contributed by atoms with Crippen molar-refractivity contribution in [1.29, 1.82) is 0 Å². The molecule has 0 amide bonds. The molecular weight excluding hydrogens is 186 g/mol. The van der Waals surface area contributed by atoms with Crippen LogP contribution in [0, 0.1) is 0 Å². The maximum atomic E-state index is 11.1. The Morgan fingerprint density at radius 1 is 1.38 bits per heavy atom. The number of nitrogens with one attached hydrogen (secondary N) is 1. The Morgan fingerprint density at radius 3 is 2.23 bits per heavy atom. The van der Waals surface area contributed by atoms with Gasteiger partial charge in [0, 0.05) is 19.0 Å². The van der Waals surface area contributed by atoms with Crippen LogP contribution in [0.5, 0.6) is 0 Å². The Labute approximate surface area is 79.8 Å². The third-order valence-electron chi connectivity index (χ3n) is 1.52. The summed E-state index contributed by atoms with van der Waals surface area (Å²) in [6, 6.07) is 0. The van der Waals surface area contributed by atoms with Crippen molar-refractivity contribution in [3.8, 4) is 0 Å². The minimum Gasteiger partial charge on any atom is -0.392 e.